The fourth-order valence-electron chi connectivity index (χ4n) is 5.06. The summed E-state index contributed by atoms with van der Waals surface area (Å²) in [7, 11) is 0. The lowest BCUT2D eigenvalue weighted by atomic mass is 9.77. The quantitative estimate of drug-likeness (QED) is 0.916. The zero-order chi connectivity index (χ0) is 16.8. The molecule has 1 aliphatic heterocycles. The molecule has 2 aromatic rings. The fraction of sp³-hybridized carbons (Fsp3) is 0.684. The van der Waals surface area contributed by atoms with Crippen molar-refractivity contribution in [2.45, 2.75) is 57.2 Å². The molecule has 6 heteroatoms. The van der Waals surface area contributed by atoms with Crippen LogP contribution < -0.4 is 0 Å². The third-order valence-corrected chi connectivity index (χ3v) is 7.44. The van der Waals surface area contributed by atoms with Crippen LogP contribution in [0.2, 0.25) is 0 Å². The van der Waals surface area contributed by atoms with Crippen LogP contribution in [0.4, 0.5) is 0 Å². The van der Waals surface area contributed by atoms with E-state index in [-0.39, 0.29) is 12.1 Å². The van der Waals surface area contributed by atoms with Gasteiger partial charge < -0.3 is 5.11 Å². The number of hydrogen-bond donors (Lipinski definition) is 1. The lowest BCUT2D eigenvalue weighted by molar-refractivity contribution is 0.0306. The van der Waals surface area contributed by atoms with Crippen LogP contribution in [-0.2, 0) is 19.4 Å². The lowest BCUT2D eigenvalue weighted by Gasteiger charge is -2.35. The van der Waals surface area contributed by atoms with Gasteiger partial charge in [-0.1, -0.05) is 0 Å². The van der Waals surface area contributed by atoms with Crippen molar-refractivity contribution in [3.8, 4) is 0 Å². The average molecular weight is 359 g/mol. The van der Waals surface area contributed by atoms with Crippen LogP contribution in [0.15, 0.2) is 18.5 Å². The van der Waals surface area contributed by atoms with Crippen LogP contribution in [0.5, 0.6) is 0 Å². The Balaban J connectivity index is 1.26. The molecular formula is C19H26N4OS. The number of nitrogens with zero attached hydrogens (tertiary/aromatic N) is 4. The summed E-state index contributed by atoms with van der Waals surface area (Å²) < 4.78 is 1.96. The number of aliphatic hydroxyl groups excluding tert-OH is 1. The summed E-state index contributed by atoms with van der Waals surface area (Å²) in [6, 6.07) is 2.09. The summed E-state index contributed by atoms with van der Waals surface area (Å²) in [5, 5.41) is 16.2. The van der Waals surface area contributed by atoms with Crippen LogP contribution in [0.3, 0.4) is 0 Å². The predicted molar refractivity (Wildman–Crippen MR) is 97.5 cm³/mol. The molecule has 134 valence electrons. The number of aliphatic hydroxyl groups is 1. The zero-order valence-electron chi connectivity index (χ0n) is 14.5. The summed E-state index contributed by atoms with van der Waals surface area (Å²) in [4.78, 5) is 9.02. The van der Waals surface area contributed by atoms with Crippen molar-refractivity contribution in [2.24, 2.45) is 11.8 Å². The Kier molecular flexibility index (Phi) is 4.14. The van der Waals surface area contributed by atoms with E-state index in [9.17, 15) is 5.11 Å². The molecule has 1 saturated carbocycles. The summed E-state index contributed by atoms with van der Waals surface area (Å²) in [5.41, 5.74) is 1.37. The molecule has 4 atom stereocenters. The van der Waals surface area contributed by atoms with Crippen molar-refractivity contribution in [3.63, 3.8) is 0 Å². The van der Waals surface area contributed by atoms with Crippen molar-refractivity contribution in [3.05, 3.63) is 34.0 Å². The standard InChI is InChI=1S/C19H26N4OS/c24-17-9-14-11-22(10-13(14)8-16(17)23-7-3-6-20-23)12-19-21-15-4-1-2-5-18(15)25-19/h3,6-7,13-14,16-17,24H,1-2,4-5,8-12H2/t13-,14+,16-,17-/m1/s1. The maximum atomic E-state index is 10.6. The summed E-state index contributed by atoms with van der Waals surface area (Å²) in [6.07, 6.45) is 10.5. The van der Waals surface area contributed by atoms with Gasteiger partial charge in [0.25, 0.3) is 0 Å². The molecule has 0 unspecified atom stereocenters. The molecule has 0 amide bonds. The van der Waals surface area contributed by atoms with E-state index in [1.54, 1.807) is 0 Å². The molecular weight excluding hydrogens is 332 g/mol. The van der Waals surface area contributed by atoms with E-state index in [2.05, 4.69) is 10.00 Å². The Labute approximate surface area is 152 Å². The number of likely N-dealkylation sites (tertiary alicyclic amines) is 1. The molecule has 0 aromatic carbocycles. The second-order valence-corrected chi connectivity index (χ2v) is 9.16. The normalized spacial score (nSPS) is 32.5. The van der Waals surface area contributed by atoms with Gasteiger partial charge in [-0.3, -0.25) is 9.58 Å². The Morgan fingerprint density at radius 2 is 2.00 bits per heavy atom. The zero-order valence-corrected chi connectivity index (χ0v) is 15.4. The van der Waals surface area contributed by atoms with Gasteiger partial charge in [0.05, 0.1) is 24.4 Å². The molecule has 0 radical (unpaired) electrons. The summed E-state index contributed by atoms with van der Waals surface area (Å²) in [6.45, 7) is 3.24. The highest BCUT2D eigenvalue weighted by molar-refractivity contribution is 7.11. The Morgan fingerprint density at radius 1 is 1.16 bits per heavy atom. The second kappa shape index (κ2) is 6.49. The highest BCUT2D eigenvalue weighted by Crippen LogP contribution is 2.41. The molecule has 0 spiro atoms. The molecule has 2 aromatic heterocycles. The first-order valence-corrected chi connectivity index (χ1v) is 10.4. The molecule has 3 aliphatic rings. The van der Waals surface area contributed by atoms with Gasteiger partial charge in [0, 0.05) is 30.4 Å². The van der Waals surface area contributed by atoms with Crippen molar-refractivity contribution >= 4 is 11.3 Å². The largest absolute Gasteiger partial charge is 0.391 e. The van der Waals surface area contributed by atoms with Crippen LogP contribution in [0, 0.1) is 11.8 Å². The smallest absolute Gasteiger partial charge is 0.107 e. The molecule has 3 heterocycles. The maximum absolute atomic E-state index is 10.6. The van der Waals surface area contributed by atoms with Crippen molar-refractivity contribution in [1.29, 1.82) is 0 Å². The third-order valence-electron chi connectivity index (χ3n) is 6.30. The summed E-state index contributed by atoms with van der Waals surface area (Å²) >= 11 is 1.94. The topological polar surface area (TPSA) is 54.2 Å². The minimum absolute atomic E-state index is 0.142. The number of fused-ring (bicyclic) bond motifs is 2. The molecule has 1 saturated heterocycles. The van der Waals surface area contributed by atoms with Crippen molar-refractivity contribution in [1.82, 2.24) is 19.7 Å². The Bertz CT molecular complexity index is 704. The number of aryl methyl sites for hydroxylation is 2. The molecule has 5 rings (SSSR count). The molecule has 0 bridgehead atoms. The van der Waals surface area contributed by atoms with Gasteiger partial charge in [0.2, 0.25) is 0 Å². The third kappa shape index (κ3) is 3.04. The van der Waals surface area contributed by atoms with E-state index >= 15 is 0 Å². The number of rotatable bonds is 3. The van der Waals surface area contributed by atoms with E-state index in [1.165, 1.54) is 41.3 Å². The van der Waals surface area contributed by atoms with Gasteiger partial charge in [-0.25, -0.2) is 4.98 Å². The first kappa shape index (κ1) is 16.0. The van der Waals surface area contributed by atoms with Gasteiger partial charge in [0.15, 0.2) is 0 Å². The van der Waals surface area contributed by atoms with Crippen LogP contribution in [0.1, 0.15) is 47.3 Å². The number of aromatic nitrogens is 3. The lowest BCUT2D eigenvalue weighted by Crippen LogP contribution is -2.36. The average Bonchev–Trinajstić information content (AvgIpc) is 3.32. The van der Waals surface area contributed by atoms with Gasteiger partial charge in [-0.05, 0) is 56.4 Å². The van der Waals surface area contributed by atoms with Gasteiger partial charge in [0.1, 0.15) is 5.01 Å². The van der Waals surface area contributed by atoms with Crippen LogP contribution in [-0.4, -0.2) is 44.0 Å². The summed E-state index contributed by atoms with van der Waals surface area (Å²) in [5.74, 6) is 1.29. The van der Waals surface area contributed by atoms with E-state index in [4.69, 9.17) is 4.98 Å². The van der Waals surface area contributed by atoms with Crippen LogP contribution >= 0.6 is 11.3 Å². The van der Waals surface area contributed by atoms with Gasteiger partial charge >= 0.3 is 0 Å². The molecule has 1 N–H and O–H groups in total. The van der Waals surface area contributed by atoms with Gasteiger partial charge in [-0.2, -0.15) is 5.10 Å². The minimum Gasteiger partial charge on any atom is -0.391 e. The number of hydrogen-bond acceptors (Lipinski definition) is 5. The highest BCUT2D eigenvalue weighted by Gasteiger charge is 2.42. The van der Waals surface area contributed by atoms with Gasteiger partial charge in [-0.15, -0.1) is 11.3 Å². The first-order chi connectivity index (χ1) is 12.3. The SMILES string of the molecule is O[C@@H]1C[C@H]2CN(Cc3nc4c(s3)CCCC4)C[C@H]2C[C@H]1n1cccn1. The number of thiazole rings is 1. The van der Waals surface area contributed by atoms with E-state index < -0.39 is 0 Å². The Hall–Kier alpha value is -1.24. The molecule has 2 aliphatic carbocycles. The fourth-order valence-corrected chi connectivity index (χ4v) is 6.26. The maximum Gasteiger partial charge on any atom is 0.107 e. The molecule has 25 heavy (non-hydrogen) atoms. The minimum atomic E-state index is -0.270. The monoisotopic (exact) mass is 358 g/mol. The van der Waals surface area contributed by atoms with Crippen molar-refractivity contribution < 1.29 is 5.11 Å². The highest BCUT2D eigenvalue weighted by atomic mass is 32.1. The first-order valence-electron chi connectivity index (χ1n) is 9.63. The van der Waals surface area contributed by atoms with Crippen LogP contribution in [0.25, 0.3) is 0 Å². The Morgan fingerprint density at radius 3 is 2.80 bits per heavy atom. The van der Waals surface area contributed by atoms with E-state index in [0.717, 1.165) is 32.5 Å². The predicted octanol–water partition coefficient (Wildman–Crippen LogP) is 2.66. The van der Waals surface area contributed by atoms with Crippen molar-refractivity contribution in [2.75, 3.05) is 13.1 Å². The molecule has 5 nitrogen and oxygen atoms in total. The van der Waals surface area contributed by atoms with E-state index in [0.29, 0.717) is 11.8 Å². The molecule has 2 fully saturated rings. The van der Waals surface area contributed by atoms with E-state index in [1.807, 2.05) is 34.5 Å². The second-order valence-electron chi connectivity index (χ2n) is 7.99.